The van der Waals surface area contributed by atoms with Crippen molar-refractivity contribution in [3.63, 3.8) is 0 Å². The first-order valence-electron chi connectivity index (χ1n) is 7.05. The number of halogens is 1. The van der Waals surface area contributed by atoms with E-state index in [0.717, 1.165) is 11.0 Å². The van der Waals surface area contributed by atoms with Crippen molar-refractivity contribution in [2.75, 3.05) is 0 Å². The minimum Gasteiger partial charge on any atom is -0.480 e. The summed E-state index contributed by atoms with van der Waals surface area (Å²) in [5.74, 6) is -0.995. The van der Waals surface area contributed by atoms with E-state index in [0.29, 0.717) is 6.42 Å². The highest BCUT2D eigenvalue weighted by Gasteiger charge is 2.51. The van der Waals surface area contributed by atoms with Gasteiger partial charge in [0.25, 0.3) is 0 Å². The highest BCUT2D eigenvalue weighted by atomic mass is 35.5. The molecule has 1 aromatic carbocycles. The smallest absolute Gasteiger partial charge is 0.480 e. The summed E-state index contributed by atoms with van der Waals surface area (Å²) >= 11 is 0. The Labute approximate surface area is 137 Å². The summed E-state index contributed by atoms with van der Waals surface area (Å²) in [6.45, 7) is 8.03. The van der Waals surface area contributed by atoms with Crippen molar-refractivity contribution in [3.05, 3.63) is 29.8 Å². The van der Waals surface area contributed by atoms with Gasteiger partial charge in [0.05, 0.1) is 11.2 Å². The number of nitrogens with two attached hydrogens (primary N) is 1. The molecule has 122 valence electrons. The Morgan fingerprint density at radius 2 is 1.64 bits per heavy atom. The Morgan fingerprint density at radius 3 is 2.05 bits per heavy atom. The molecule has 0 radical (unpaired) electrons. The molecule has 7 heteroatoms. The van der Waals surface area contributed by atoms with Gasteiger partial charge in [-0.25, -0.2) is 0 Å². The van der Waals surface area contributed by atoms with E-state index in [1.165, 1.54) is 0 Å². The van der Waals surface area contributed by atoms with Crippen LogP contribution >= 0.6 is 12.4 Å². The summed E-state index contributed by atoms with van der Waals surface area (Å²) in [4.78, 5) is 10.8. The molecule has 0 aliphatic carbocycles. The van der Waals surface area contributed by atoms with Crippen LogP contribution in [0.1, 0.15) is 33.3 Å². The van der Waals surface area contributed by atoms with E-state index >= 15 is 0 Å². The van der Waals surface area contributed by atoms with E-state index in [-0.39, 0.29) is 23.6 Å². The van der Waals surface area contributed by atoms with E-state index in [1.807, 2.05) is 52.0 Å². The number of carboxylic acids is 1. The van der Waals surface area contributed by atoms with Gasteiger partial charge in [-0.05, 0) is 45.1 Å². The van der Waals surface area contributed by atoms with Crippen molar-refractivity contribution in [3.8, 4) is 0 Å². The molecule has 1 aromatic rings. The fraction of sp³-hybridized carbons (Fsp3) is 0.533. The molecule has 0 amide bonds. The number of aliphatic carboxylic acids is 1. The lowest BCUT2D eigenvalue weighted by Gasteiger charge is -2.32. The Balaban J connectivity index is 0.00000242. The lowest BCUT2D eigenvalue weighted by atomic mass is 9.78. The van der Waals surface area contributed by atoms with Crippen LogP contribution in [0, 0.1) is 0 Å². The molecule has 1 fully saturated rings. The standard InChI is InChI=1S/C15H22BNO4.ClH/c1-14(2)15(3,4)21-16(20-14)11-7-5-10(6-8-11)9-12(17)13(18)19;/h5-8,12H,9,17H2,1-4H3,(H,18,19);1H/t12-;/m0./s1. The van der Waals surface area contributed by atoms with E-state index in [2.05, 4.69) is 0 Å². The predicted octanol–water partition coefficient (Wildman–Crippen LogP) is 1.36. The third kappa shape index (κ3) is 3.81. The van der Waals surface area contributed by atoms with Gasteiger partial charge in [0.2, 0.25) is 0 Å². The van der Waals surface area contributed by atoms with Gasteiger partial charge in [-0.1, -0.05) is 24.3 Å². The number of hydrogen-bond donors (Lipinski definition) is 2. The van der Waals surface area contributed by atoms with E-state index in [1.54, 1.807) is 0 Å². The molecule has 22 heavy (non-hydrogen) atoms. The van der Waals surface area contributed by atoms with Gasteiger partial charge < -0.3 is 20.1 Å². The number of hydrogen-bond acceptors (Lipinski definition) is 4. The normalized spacial score (nSPS) is 20.3. The van der Waals surface area contributed by atoms with Gasteiger partial charge in [0, 0.05) is 0 Å². The maximum absolute atomic E-state index is 10.8. The second-order valence-corrected chi connectivity index (χ2v) is 6.48. The van der Waals surface area contributed by atoms with Crippen molar-refractivity contribution in [2.45, 2.75) is 51.4 Å². The number of carboxylic acid groups (broad SMARTS) is 1. The molecule has 0 saturated carbocycles. The minimum absolute atomic E-state index is 0. The first kappa shape index (κ1) is 19.0. The van der Waals surface area contributed by atoms with Gasteiger partial charge in [-0.15, -0.1) is 12.4 Å². The molecule has 2 rings (SSSR count). The molecule has 1 saturated heterocycles. The summed E-state index contributed by atoms with van der Waals surface area (Å²) in [5, 5.41) is 8.82. The summed E-state index contributed by atoms with van der Waals surface area (Å²) in [6, 6.07) is 6.64. The van der Waals surface area contributed by atoms with Gasteiger partial charge in [-0.3, -0.25) is 4.79 Å². The minimum atomic E-state index is -0.995. The molecule has 3 N–H and O–H groups in total. The van der Waals surface area contributed by atoms with Crippen LogP contribution in [0.15, 0.2) is 24.3 Å². The van der Waals surface area contributed by atoms with Crippen LogP contribution in [0.25, 0.3) is 0 Å². The SMILES string of the molecule is CC1(C)OB(c2ccc(C[C@H](N)C(=O)O)cc2)OC1(C)C.Cl. The third-order valence-corrected chi connectivity index (χ3v) is 4.28. The third-order valence-electron chi connectivity index (χ3n) is 4.28. The maximum atomic E-state index is 10.8. The summed E-state index contributed by atoms with van der Waals surface area (Å²) in [5.41, 5.74) is 6.58. The number of benzene rings is 1. The Morgan fingerprint density at radius 1 is 1.18 bits per heavy atom. The maximum Gasteiger partial charge on any atom is 0.494 e. The van der Waals surface area contributed by atoms with Gasteiger partial charge in [0.15, 0.2) is 0 Å². The van der Waals surface area contributed by atoms with Crippen LogP contribution in [0.2, 0.25) is 0 Å². The van der Waals surface area contributed by atoms with Crippen molar-refractivity contribution in [1.29, 1.82) is 0 Å². The largest absolute Gasteiger partial charge is 0.494 e. The van der Waals surface area contributed by atoms with Gasteiger partial charge in [-0.2, -0.15) is 0 Å². The zero-order valence-electron chi connectivity index (χ0n) is 13.3. The zero-order chi connectivity index (χ0) is 15.8. The first-order valence-corrected chi connectivity index (χ1v) is 7.05. The predicted molar refractivity (Wildman–Crippen MR) is 88.7 cm³/mol. The summed E-state index contributed by atoms with van der Waals surface area (Å²) in [7, 11) is -0.405. The van der Waals surface area contributed by atoms with Crippen molar-refractivity contribution in [1.82, 2.24) is 0 Å². The Bertz CT molecular complexity index is 517. The van der Waals surface area contributed by atoms with Crippen LogP contribution < -0.4 is 11.2 Å². The van der Waals surface area contributed by atoms with Crippen molar-refractivity contribution < 1.29 is 19.2 Å². The van der Waals surface area contributed by atoms with Crippen LogP contribution in [0.4, 0.5) is 0 Å². The van der Waals surface area contributed by atoms with Gasteiger partial charge in [0.1, 0.15) is 6.04 Å². The quantitative estimate of drug-likeness (QED) is 0.816. The molecule has 0 spiro atoms. The molecule has 0 aromatic heterocycles. The number of rotatable bonds is 4. The lowest BCUT2D eigenvalue weighted by Crippen LogP contribution is -2.41. The van der Waals surface area contributed by atoms with Crippen LogP contribution in [0.5, 0.6) is 0 Å². The fourth-order valence-electron chi connectivity index (χ4n) is 2.13. The molecular weight excluding hydrogens is 304 g/mol. The molecular formula is C15H23BClNO4. The lowest BCUT2D eigenvalue weighted by molar-refractivity contribution is -0.138. The first-order chi connectivity index (χ1) is 9.62. The molecule has 1 aliphatic rings. The van der Waals surface area contributed by atoms with E-state index in [4.69, 9.17) is 20.1 Å². The monoisotopic (exact) mass is 327 g/mol. The molecule has 5 nitrogen and oxygen atoms in total. The van der Waals surface area contributed by atoms with Crippen LogP contribution in [-0.2, 0) is 20.5 Å². The van der Waals surface area contributed by atoms with E-state index < -0.39 is 19.1 Å². The second kappa shape index (κ2) is 6.58. The topological polar surface area (TPSA) is 81.8 Å². The van der Waals surface area contributed by atoms with Crippen molar-refractivity contribution >= 4 is 31.0 Å². The highest BCUT2D eigenvalue weighted by Crippen LogP contribution is 2.36. The van der Waals surface area contributed by atoms with Gasteiger partial charge >= 0.3 is 13.1 Å². The number of carbonyl (C=O) groups is 1. The molecule has 0 bridgehead atoms. The summed E-state index contributed by atoms with van der Waals surface area (Å²) < 4.78 is 11.9. The van der Waals surface area contributed by atoms with Crippen LogP contribution in [0.3, 0.4) is 0 Å². The Kier molecular flexibility index (Phi) is 5.68. The highest BCUT2D eigenvalue weighted by molar-refractivity contribution is 6.62. The molecule has 1 aliphatic heterocycles. The average Bonchev–Trinajstić information content (AvgIpc) is 2.59. The van der Waals surface area contributed by atoms with Crippen molar-refractivity contribution in [2.24, 2.45) is 5.73 Å². The van der Waals surface area contributed by atoms with E-state index in [9.17, 15) is 4.79 Å². The Hall–Kier alpha value is -1.08. The average molecular weight is 328 g/mol. The zero-order valence-corrected chi connectivity index (χ0v) is 14.1. The summed E-state index contributed by atoms with van der Waals surface area (Å²) in [6.07, 6.45) is 0.305. The second-order valence-electron chi connectivity index (χ2n) is 6.48. The van der Waals surface area contributed by atoms with Crippen LogP contribution in [-0.4, -0.2) is 35.4 Å². The molecule has 1 atom stereocenters. The molecule has 0 unspecified atom stereocenters. The molecule has 1 heterocycles. The fourth-order valence-corrected chi connectivity index (χ4v) is 2.13.